The first-order valence-electron chi connectivity index (χ1n) is 7.24. The Morgan fingerprint density at radius 2 is 2.29 bits per heavy atom. The predicted molar refractivity (Wildman–Crippen MR) is 85.3 cm³/mol. The maximum absolute atomic E-state index is 10.5. The molecule has 0 saturated carbocycles. The molecule has 1 aliphatic heterocycles. The Balaban J connectivity index is 1.70. The van der Waals surface area contributed by atoms with Gasteiger partial charge in [0.1, 0.15) is 16.9 Å². The van der Waals surface area contributed by atoms with Gasteiger partial charge in [-0.2, -0.15) is 0 Å². The van der Waals surface area contributed by atoms with E-state index in [-0.39, 0.29) is 12.1 Å². The Morgan fingerprint density at radius 1 is 1.48 bits per heavy atom. The molecule has 0 amide bonds. The lowest BCUT2D eigenvalue weighted by Crippen LogP contribution is -2.46. The first-order valence-corrected chi connectivity index (χ1v) is 8.03. The van der Waals surface area contributed by atoms with E-state index < -0.39 is 5.60 Å². The van der Waals surface area contributed by atoms with Gasteiger partial charge >= 0.3 is 0 Å². The van der Waals surface area contributed by atoms with E-state index in [0.717, 1.165) is 21.2 Å². The van der Waals surface area contributed by atoms with Crippen LogP contribution in [0.15, 0.2) is 33.2 Å². The molecule has 1 aromatic carbocycles. The molecule has 1 aliphatic rings. The zero-order valence-electron chi connectivity index (χ0n) is 12.2. The van der Waals surface area contributed by atoms with Crippen molar-refractivity contribution in [1.29, 1.82) is 0 Å². The Hall–Kier alpha value is -0.880. The van der Waals surface area contributed by atoms with Crippen molar-refractivity contribution in [3.05, 3.63) is 34.5 Å². The lowest BCUT2D eigenvalue weighted by molar-refractivity contribution is -0.0277. The fourth-order valence-electron chi connectivity index (χ4n) is 2.68. The number of fused-ring (bicyclic) bond motifs is 1. The summed E-state index contributed by atoms with van der Waals surface area (Å²) in [4.78, 5) is 0. The Kier molecular flexibility index (Phi) is 4.10. The van der Waals surface area contributed by atoms with E-state index >= 15 is 0 Å². The summed E-state index contributed by atoms with van der Waals surface area (Å²) in [5.74, 6) is 0.873. The molecule has 3 unspecified atom stereocenters. The highest BCUT2D eigenvalue weighted by atomic mass is 79.9. The topological polar surface area (TPSA) is 54.6 Å². The molecule has 1 saturated heterocycles. The van der Waals surface area contributed by atoms with Crippen LogP contribution in [0.25, 0.3) is 11.0 Å². The fraction of sp³-hybridized carbons (Fsp3) is 0.500. The number of nitrogens with one attached hydrogen (secondary N) is 1. The first-order chi connectivity index (χ1) is 9.98. The number of ether oxygens (including phenoxy) is 1. The van der Waals surface area contributed by atoms with Crippen LogP contribution in [0, 0.1) is 0 Å². The van der Waals surface area contributed by atoms with Gasteiger partial charge in [-0.15, -0.1) is 0 Å². The Bertz CT molecular complexity index is 641. The number of aliphatic hydroxyl groups is 1. The Labute approximate surface area is 132 Å². The second-order valence-corrected chi connectivity index (χ2v) is 6.72. The molecule has 3 atom stereocenters. The van der Waals surface area contributed by atoms with Crippen LogP contribution in [0.5, 0.6) is 0 Å². The molecule has 21 heavy (non-hydrogen) atoms. The van der Waals surface area contributed by atoms with Crippen LogP contribution in [0.2, 0.25) is 0 Å². The first kappa shape index (κ1) is 15.0. The summed E-state index contributed by atoms with van der Waals surface area (Å²) >= 11 is 3.46. The van der Waals surface area contributed by atoms with Gasteiger partial charge in [0.15, 0.2) is 0 Å². The highest BCUT2D eigenvalue weighted by Gasteiger charge is 2.39. The van der Waals surface area contributed by atoms with Gasteiger partial charge in [0.2, 0.25) is 0 Å². The average Bonchev–Trinajstić information content (AvgIpc) is 3.01. The van der Waals surface area contributed by atoms with Crippen LogP contribution in [0.3, 0.4) is 0 Å². The molecule has 5 heteroatoms. The minimum Gasteiger partial charge on any atom is -0.459 e. The normalized spacial score (nSPS) is 27.3. The largest absolute Gasteiger partial charge is 0.459 e. The zero-order valence-corrected chi connectivity index (χ0v) is 13.8. The van der Waals surface area contributed by atoms with Gasteiger partial charge in [-0.25, -0.2) is 0 Å². The molecule has 4 nitrogen and oxygen atoms in total. The summed E-state index contributed by atoms with van der Waals surface area (Å²) in [6.07, 6.45) is 0.532. The molecule has 114 valence electrons. The highest BCUT2D eigenvalue weighted by Crippen LogP contribution is 2.28. The van der Waals surface area contributed by atoms with Gasteiger partial charge in [0, 0.05) is 29.4 Å². The number of rotatable bonds is 4. The third kappa shape index (κ3) is 3.01. The van der Waals surface area contributed by atoms with Gasteiger partial charge in [0.05, 0.1) is 12.1 Å². The van der Waals surface area contributed by atoms with Crippen LogP contribution in [-0.4, -0.2) is 30.0 Å². The zero-order chi connectivity index (χ0) is 15.0. The maximum atomic E-state index is 10.5. The molecule has 2 heterocycles. The third-order valence-electron chi connectivity index (χ3n) is 4.30. The van der Waals surface area contributed by atoms with Crippen molar-refractivity contribution in [2.75, 3.05) is 13.2 Å². The highest BCUT2D eigenvalue weighted by molar-refractivity contribution is 9.10. The van der Waals surface area contributed by atoms with Crippen LogP contribution in [-0.2, 0) is 4.74 Å². The molecule has 3 rings (SSSR count). The van der Waals surface area contributed by atoms with Crippen LogP contribution >= 0.6 is 15.9 Å². The van der Waals surface area contributed by atoms with Gasteiger partial charge < -0.3 is 19.6 Å². The minimum absolute atomic E-state index is 0.0352. The summed E-state index contributed by atoms with van der Waals surface area (Å²) < 4.78 is 12.3. The van der Waals surface area contributed by atoms with Gasteiger partial charge in [-0.05, 0) is 38.1 Å². The lowest BCUT2D eigenvalue weighted by Gasteiger charge is -2.27. The second-order valence-electron chi connectivity index (χ2n) is 5.80. The quantitative estimate of drug-likeness (QED) is 0.884. The molecule has 2 aromatic rings. The van der Waals surface area contributed by atoms with E-state index in [2.05, 4.69) is 21.2 Å². The Morgan fingerprint density at radius 3 is 3.00 bits per heavy atom. The standard InChI is InChI=1S/C16H20BrNO3/c1-10(18-9-16(19)5-6-20-11(16)2)15-8-12-7-13(17)3-4-14(12)21-15/h3-4,7-8,10-11,18-19H,5-6,9H2,1-2H3. The molecular weight excluding hydrogens is 334 g/mol. The minimum atomic E-state index is -0.788. The summed E-state index contributed by atoms with van der Waals surface area (Å²) in [5, 5.41) is 14.9. The number of hydrogen-bond donors (Lipinski definition) is 2. The van der Waals surface area contributed by atoms with Crippen LogP contribution < -0.4 is 5.32 Å². The van der Waals surface area contributed by atoms with Crippen molar-refractivity contribution in [3.63, 3.8) is 0 Å². The predicted octanol–water partition coefficient (Wildman–Crippen LogP) is 3.39. The number of halogens is 1. The monoisotopic (exact) mass is 353 g/mol. The van der Waals surface area contributed by atoms with Gasteiger partial charge in [0.25, 0.3) is 0 Å². The molecule has 1 aromatic heterocycles. The maximum Gasteiger partial charge on any atom is 0.134 e. The van der Waals surface area contributed by atoms with Crippen molar-refractivity contribution in [2.45, 2.75) is 38.0 Å². The SMILES string of the molecule is CC(NCC1(O)CCOC1C)c1cc2cc(Br)ccc2o1. The molecule has 0 aliphatic carbocycles. The number of benzene rings is 1. The molecule has 0 radical (unpaired) electrons. The van der Waals surface area contributed by atoms with E-state index in [1.807, 2.05) is 38.1 Å². The van der Waals surface area contributed by atoms with Gasteiger partial charge in [-0.3, -0.25) is 0 Å². The van der Waals surface area contributed by atoms with E-state index in [1.165, 1.54) is 0 Å². The second kappa shape index (κ2) is 5.72. The summed E-state index contributed by atoms with van der Waals surface area (Å²) in [6, 6.07) is 8.03. The van der Waals surface area contributed by atoms with E-state index in [4.69, 9.17) is 9.15 Å². The van der Waals surface area contributed by atoms with Crippen molar-refractivity contribution >= 4 is 26.9 Å². The summed E-state index contributed by atoms with van der Waals surface area (Å²) in [5.41, 5.74) is 0.0849. The van der Waals surface area contributed by atoms with Crippen LogP contribution in [0.4, 0.5) is 0 Å². The number of hydrogen-bond acceptors (Lipinski definition) is 4. The summed E-state index contributed by atoms with van der Waals surface area (Å²) in [6.45, 7) is 5.07. The van der Waals surface area contributed by atoms with Crippen molar-refractivity contribution in [1.82, 2.24) is 5.32 Å². The smallest absolute Gasteiger partial charge is 0.134 e. The van der Waals surface area contributed by atoms with Crippen molar-refractivity contribution in [2.24, 2.45) is 0 Å². The summed E-state index contributed by atoms with van der Waals surface area (Å²) in [7, 11) is 0. The van der Waals surface area contributed by atoms with Crippen LogP contribution in [0.1, 0.15) is 32.1 Å². The van der Waals surface area contributed by atoms with Gasteiger partial charge in [-0.1, -0.05) is 15.9 Å². The van der Waals surface area contributed by atoms with E-state index in [1.54, 1.807) is 0 Å². The number of furan rings is 1. The molecule has 1 fully saturated rings. The van der Waals surface area contributed by atoms with Crippen molar-refractivity contribution in [3.8, 4) is 0 Å². The molecule has 0 bridgehead atoms. The molecular formula is C16H20BrNO3. The van der Waals surface area contributed by atoms with E-state index in [9.17, 15) is 5.11 Å². The molecule has 0 spiro atoms. The third-order valence-corrected chi connectivity index (χ3v) is 4.79. The van der Waals surface area contributed by atoms with Crippen molar-refractivity contribution < 1.29 is 14.3 Å². The fourth-order valence-corrected chi connectivity index (χ4v) is 3.06. The average molecular weight is 354 g/mol. The van der Waals surface area contributed by atoms with E-state index in [0.29, 0.717) is 19.6 Å². The molecule has 2 N–H and O–H groups in total. The lowest BCUT2D eigenvalue weighted by atomic mass is 9.96.